The van der Waals surface area contributed by atoms with Gasteiger partial charge in [0, 0.05) is 30.0 Å². The molecule has 0 radical (unpaired) electrons. The molecule has 4 rings (SSSR count). The molecule has 0 aromatic carbocycles. The molecule has 0 bridgehead atoms. The Balaban J connectivity index is 1.66. The van der Waals surface area contributed by atoms with Gasteiger partial charge < -0.3 is 9.88 Å². The molecule has 3 aromatic heterocycles. The Kier molecular flexibility index (Phi) is 3.25. The van der Waals surface area contributed by atoms with Crippen LogP contribution in [0, 0.1) is 6.92 Å². The third kappa shape index (κ3) is 2.43. The van der Waals surface area contributed by atoms with Crippen molar-refractivity contribution in [3.05, 3.63) is 42.4 Å². The summed E-state index contributed by atoms with van der Waals surface area (Å²) in [5, 5.41) is 4.28. The molecule has 3 heterocycles. The van der Waals surface area contributed by atoms with Crippen molar-refractivity contribution in [2.75, 3.05) is 5.32 Å². The minimum Gasteiger partial charge on any atom is -0.329 e. The standard InChI is InChI=1S/C17H19N5/c1-12-6-7-15(18-10-12)20-17-19-11-13-8-9-22(16(13)21-17)14-4-2-3-5-14/h6-11,14H,2-5H2,1H3,(H,18,19,20,21). The van der Waals surface area contributed by atoms with E-state index in [1.165, 1.54) is 25.7 Å². The topological polar surface area (TPSA) is 55.6 Å². The van der Waals surface area contributed by atoms with Crippen molar-refractivity contribution in [3.63, 3.8) is 0 Å². The molecule has 1 saturated carbocycles. The molecule has 1 aliphatic carbocycles. The molecule has 0 spiro atoms. The molecular formula is C17H19N5. The van der Waals surface area contributed by atoms with Crippen LogP contribution in [-0.2, 0) is 0 Å². The maximum Gasteiger partial charge on any atom is 0.230 e. The Morgan fingerprint density at radius 1 is 1.09 bits per heavy atom. The number of aryl methyl sites for hydroxylation is 1. The van der Waals surface area contributed by atoms with Crippen LogP contribution in [0.5, 0.6) is 0 Å². The minimum atomic E-state index is 0.581. The van der Waals surface area contributed by atoms with Crippen LogP contribution in [0.3, 0.4) is 0 Å². The van der Waals surface area contributed by atoms with E-state index in [1.807, 2.05) is 31.5 Å². The predicted octanol–water partition coefficient (Wildman–Crippen LogP) is 3.99. The van der Waals surface area contributed by atoms with E-state index in [2.05, 4.69) is 32.1 Å². The molecule has 112 valence electrons. The first-order valence-electron chi connectivity index (χ1n) is 7.83. The van der Waals surface area contributed by atoms with Crippen molar-refractivity contribution in [2.24, 2.45) is 0 Å². The van der Waals surface area contributed by atoms with Gasteiger partial charge in [-0.1, -0.05) is 18.9 Å². The summed E-state index contributed by atoms with van der Waals surface area (Å²) >= 11 is 0. The average Bonchev–Trinajstić information content (AvgIpc) is 3.18. The van der Waals surface area contributed by atoms with Gasteiger partial charge in [-0.2, -0.15) is 4.98 Å². The SMILES string of the molecule is Cc1ccc(Nc2ncc3ccn(C4CCCC4)c3n2)nc1. The first kappa shape index (κ1) is 13.2. The zero-order chi connectivity index (χ0) is 14.9. The largest absolute Gasteiger partial charge is 0.329 e. The summed E-state index contributed by atoms with van der Waals surface area (Å²) in [7, 11) is 0. The second-order valence-corrected chi connectivity index (χ2v) is 5.98. The number of nitrogens with zero attached hydrogens (tertiary/aromatic N) is 4. The van der Waals surface area contributed by atoms with E-state index in [4.69, 9.17) is 4.98 Å². The van der Waals surface area contributed by atoms with Gasteiger partial charge in [0.15, 0.2) is 0 Å². The number of aromatic nitrogens is 4. The van der Waals surface area contributed by atoms with Crippen LogP contribution in [0.25, 0.3) is 11.0 Å². The first-order chi connectivity index (χ1) is 10.8. The summed E-state index contributed by atoms with van der Waals surface area (Å²) in [6.45, 7) is 2.02. The van der Waals surface area contributed by atoms with E-state index in [1.54, 1.807) is 0 Å². The highest BCUT2D eigenvalue weighted by Gasteiger charge is 2.19. The Hall–Kier alpha value is -2.43. The quantitative estimate of drug-likeness (QED) is 0.793. The fraction of sp³-hybridized carbons (Fsp3) is 0.353. The monoisotopic (exact) mass is 293 g/mol. The smallest absolute Gasteiger partial charge is 0.230 e. The number of hydrogen-bond donors (Lipinski definition) is 1. The van der Waals surface area contributed by atoms with Gasteiger partial charge >= 0.3 is 0 Å². The van der Waals surface area contributed by atoms with Gasteiger partial charge in [0.25, 0.3) is 0 Å². The zero-order valence-electron chi connectivity index (χ0n) is 12.7. The Morgan fingerprint density at radius 2 is 1.95 bits per heavy atom. The van der Waals surface area contributed by atoms with Crippen LogP contribution in [0.2, 0.25) is 0 Å². The molecule has 0 amide bonds. The van der Waals surface area contributed by atoms with Crippen molar-refractivity contribution in [1.82, 2.24) is 19.5 Å². The molecule has 1 fully saturated rings. The normalized spacial score (nSPS) is 15.5. The van der Waals surface area contributed by atoms with E-state index in [-0.39, 0.29) is 0 Å². The molecule has 22 heavy (non-hydrogen) atoms. The number of pyridine rings is 1. The number of nitrogens with one attached hydrogen (secondary N) is 1. The van der Waals surface area contributed by atoms with Crippen molar-refractivity contribution < 1.29 is 0 Å². The highest BCUT2D eigenvalue weighted by Crippen LogP contribution is 2.32. The lowest BCUT2D eigenvalue weighted by Crippen LogP contribution is -2.05. The second-order valence-electron chi connectivity index (χ2n) is 5.98. The minimum absolute atomic E-state index is 0.581. The molecule has 1 N–H and O–H groups in total. The van der Waals surface area contributed by atoms with Gasteiger partial charge in [-0.15, -0.1) is 0 Å². The Labute approximate surface area is 129 Å². The van der Waals surface area contributed by atoms with Crippen molar-refractivity contribution >= 4 is 22.8 Å². The van der Waals surface area contributed by atoms with Gasteiger partial charge in [-0.25, -0.2) is 9.97 Å². The van der Waals surface area contributed by atoms with Gasteiger partial charge in [-0.05, 0) is 37.5 Å². The molecule has 0 saturated heterocycles. The molecule has 0 unspecified atom stereocenters. The van der Waals surface area contributed by atoms with Crippen LogP contribution >= 0.6 is 0 Å². The van der Waals surface area contributed by atoms with E-state index < -0.39 is 0 Å². The fourth-order valence-corrected chi connectivity index (χ4v) is 3.13. The lowest BCUT2D eigenvalue weighted by molar-refractivity contribution is 0.532. The maximum absolute atomic E-state index is 4.70. The van der Waals surface area contributed by atoms with Crippen molar-refractivity contribution in [1.29, 1.82) is 0 Å². The molecular weight excluding hydrogens is 274 g/mol. The zero-order valence-corrected chi connectivity index (χ0v) is 12.7. The fourth-order valence-electron chi connectivity index (χ4n) is 3.13. The van der Waals surface area contributed by atoms with E-state index in [9.17, 15) is 0 Å². The molecule has 0 atom stereocenters. The second kappa shape index (κ2) is 5.40. The lowest BCUT2D eigenvalue weighted by Gasteiger charge is -2.13. The van der Waals surface area contributed by atoms with E-state index >= 15 is 0 Å². The summed E-state index contributed by atoms with van der Waals surface area (Å²) in [5.41, 5.74) is 2.15. The van der Waals surface area contributed by atoms with Gasteiger partial charge in [0.2, 0.25) is 5.95 Å². The Morgan fingerprint density at radius 3 is 2.73 bits per heavy atom. The summed E-state index contributed by atoms with van der Waals surface area (Å²) < 4.78 is 2.30. The van der Waals surface area contributed by atoms with Crippen molar-refractivity contribution in [2.45, 2.75) is 38.6 Å². The third-order valence-electron chi connectivity index (χ3n) is 4.32. The van der Waals surface area contributed by atoms with Crippen molar-refractivity contribution in [3.8, 4) is 0 Å². The summed E-state index contributed by atoms with van der Waals surface area (Å²) in [4.78, 5) is 13.4. The summed E-state index contributed by atoms with van der Waals surface area (Å²) in [6.07, 6.45) is 11.0. The van der Waals surface area contributed by atoms with Gasteiger partial charge in [0.05, 0.1) is 0 Å². The van der Waals surface area contributed by atoms with Gasteiger partial charge in [0.1, 0.15) is 11.5 Å². The average molecular weight is 293 g/mol. The highest BCUT2D eigenvalue weighted by molar-refractivity contribution is 5.76. The van der Waals surface area contributed by atoms with Crippen LogP contribution < -0.4 is 5.32 Å². The molecule has 5 nitrogen and oxygen atoms in total. The van der Waals surface area contributed by atoms with Crippen LogP contribution in [0.15, 0.2) is 36.8 Å². The van der Waals surface area contributed by atoms with Gasteiger partial charge in [-0.3, -0.25) is 0 Å². The van der Waals surface area contributed by atoms with Crippen LogP contribution in [0.1, 0.15) is 37.3 Å². The number of rotatable bonds is 3. The van der Waals surface area contributed by atoms with Crippen LogP contribution in [0.4, 0.5) is 11.8 Å². The summed E-state index contributed by atoms with van der Waals surface area (Å²) in [5.74, 6) is 1.37. The maximum atomic E-state index is 4.70. The third-order valence-corrected chi connectivity index (χ3v) is 4.32. The summed E-state index contributed by atoms with van der Waals surface area (Å²) in [6, 6.07) is 6.65. The number of hydrogen-bond acceptors (Lipinski definition) is 4. The molecule has 0 aliphatic heterocycles. The predicted molar refractivity (Wildman–Crippen MR) is 87.3 cm³/mol. The van der Waals surface area contributed by atoms with E-state index in [0.717, 1.165) is 22.4 Å². The number of fused-ring (bicyclic) bond motifs is 1. The molecule has 3 aromatic rings. The Bertz CT molecular complexity index is 784. The molecule has 5 heteroatoms. The van der Waals surface area contributed by atoms with E-state index in [0.29, 0.717) is 12.0 Å². The van der Waals surface area contributed by atoms with Crippen LogP contribution in [-0.4, -0.2) is 19.5 Å². The lowest BCUT2D eigenvalue weighted by atomic mass is 10.2. The number of anilines is 2. The first-order valence-corrected chi connectivity index (χ1v) is 7.83. The highest BCUT2D eigenvalue weighted by atomic mass is 15.2. The molecule has 1 aliphatic rings.